The van der Waals surface area contributed by atoms with Crippen molar-refractivity contribution in [3.63, 3.8) is 0 Å². The number of carbonyl (C=O) groups is 1. The maximum atomic E-state index is 13.1. The topological polar surface area (TPSA) is 92.0 Å². The molecule has 0 aliphatic heterocycles. The van der Waals surface area contributed by atoms with E-state index in [1.165, 1.54) is 30.5 Å². The van der Waals surface area contributed by atoms with E-state index in [4.69, 9.17) is 4.42 Å². The van der Waals surface area contributed by atoms with Gasteiger partial charge in [-0.1, -0.05) is 18.2 Å². The van der Waals surface area contributed by atoms with Crippen LogP contribution in [0.25, 0.3) is 5.76 Å². The van der Waals surface area contributed by atoms with Crippen molar-refractivity contribution in [3.05, 3.63) is 77.3 Å². The molecule has 0 spiro atoms. The summed E-state index contributed by atoms with van der Waals surface area (Å²) in [5.41, 5.74) is -0.677. The molecule has 3 rings (SSSR count). The summed E-state index contributed by atoms with van der Waals surface area (Å²) in [6.07, 6.45) is -1.46. The van der Waals surface area contributed by atoms with Gasteiger partial charge in [0.05, 0.1) is 17.4 Å². The molecule has 0 amide bonds. The second-order valence-corrected chi connectivity index (χ2v) is 5.32. The quantitative estimate of drug-likeness (QED) is 0.409. The molecule has 0 fully saturated rings. The Balaban J connectivity index is 1.89. The van der Waals surface area contributed by atoms with Gasteiger partial charge in [0.2, 0.25) is 5.78 Å². The molecule has 6 nitrogen and oxygen atoms in total. The highest BCUT2D eigenvalue weighted by Gasteiger charge is 2.33. The minimum Gasteiger partial charge on any atom is -0.507 e. The highest BCUT2D eigenvalue weighted by Crippen LogP contribution is 2.33. The zero-order valence-electron chi connectivity index (χ0n) is 13.1. The van der Waals surface area contributed by atoms with Crippen molar-refractivity contribution in [2.45, 2.75) is 12.6 Å². The Morgan fingerprint density at radius 1 is 1.27 bits per heavy atom. The van der Waals surface area contributed by atoms with Gasteiger partial charge in [-0.3, -0.25) is 9.89 Å². The third-order valence-corrected chi connectivity index (χ3v) is 3.61. The number of benzene rings is 1. The fourth-order valence-electron chi connectivity index (χ4n) is 2.42. The molecular weight excluding hydrogens is 351 g/mol. The van der Waals surface area contributed by atoms with E-state index in [9.17, 15) is 23.1 Å². The van der Waals surface area contributed by atoms with Crippen LogP contribution in [-0.4, -0.2) is 26.1 Å². The van der Waals surface area contributed by atoms with Crippen LogP contribution in [0.2, 0.25) is 0 Å². The summed E-state index contributed by atoms with van der Waals surface area (Å²) in [5.74, 6) is -1.06. The van der Waals surface area contributed by atoms with Gasteiger partial charge in [-0.05, 0) is 17.7 Å². The van der Waals surface area contributed by atoms with Crippen LogP contribution < -0.4 is 0 Å². The van der Waals surface area contributed by atoms with Crippen LogP contribution in [0.1, 0.15) is 33.1 Å². The summed E-state index contributed by atoms with van der Waals surface area (Å²) in [6, 6.07) is 6.45. The number of furan rings is 1. The molecule has 3 aromatic rings. The largest absolute Gasteiger partial charge is 0.507 e. The molecule has 2 heterocycles. The number of halogens is 3. The fourth-order valence-corrected chi connectivity index (χ4v) is 2.42. The smallest absolute Gasteiger partial charge is 0.416 e. The lowest BCUT2D eigenvalue weighted by molar-refractivity contribution is -0.138. The van der Waals surface area contributed by atoms with Crippen LogP contribution in [0, 0.1) is 0 Å². The number of nitrogens with one attached hydrogen (secondary N) is 1. The van der Waals surface area contributed by atoms with Crippen molar-refractivity contribution in [2.75, 3.05) is 0 Å². The van der Waals surface area contributed by atoms with Gasteiger partial charge in [0.1, 0.15) is 17.8 Å². The molecule has 0 bridgehead atoms. The third kappa shape index (κ3) is 3.66. The molecule has 0 aliphatic rings. The highest BCUT2D eigenvalue weighted by atomic mass is 19.4. The molecule has 134 valence electrons. The lowest BCUT2D eigenvalue weighted by atomic mass is 10.0. The standard InChI is InChI=1S/C17H12F3N3O3/c18-17(19,20)12-4-2-1-3-10(12)7-15-11(5-6-26-15)13(24)8-14(25)16-21-9-22-23-16/h1-6,8-9,24H,7H2,(H,21,22,23). The molecule has 0 aliphatic carbocycles. The minimum absolute atomic E-state index is 0.00874. The maximum absolute atomic E-state index is 13.1. The number of allylic oxidation sites excluding steroid dienone is 1. The van der Waals surface area contributed by atoms with Gasteiger partial charge >= 0.3 is 6.18 Å². The molecule has 0 saturated carbocycles. The van der Waals surface area contributed by atoms with E-state index in [1.54, 1.807) is 0 Å². The van der Waals surface area contributed by atoms with Gasteiger partial charge in [0.25, 0.3) is 0 Å². The van der Waals surface area contributed by atoms with Crippen molar-refractivity contribution in [1.82, 2.24) is 15.2 Å². The monoisotopic (exact) mass is 363 g/mol. The van der Waals surface area contributed by atoms with E-state index in [0.717, 1.165) is 18.5 Å². The summed E-state index contributed by atoms with van der Waals surface area (Å²) in [6.45, 7) is 0. The lowest BCUT2D eigenvalue weighted by Crippen LogP contribution is -2.09. The summed E-state index contributed by atoms with van der Waals surface area (Å²) in [4.78, 5) is 15.6. The number of carbonyl (C=O) groups excluding carboxylic acids is 1. The Morgan fingerprint density at radius 3 is 2.73 bits per heavy atom. The molecule has 0 atom stereocenters. The Kier molecular flexibility index (Phi) is 4.61. The van der Waals surface area contributed by atoms with Crippen molar-refractivity contribution in [3.8, 4) is 0 Å². The second kappa shape index (κ2) is 6.87. The van der Waals surface area contributed by atoms with Crippen LogP contribution in [0.3, 0.4) is 0 Å². The maximum Gasteiger partial charge on any atom is 0.416 e. The number of aromatic nitrogens is 3. The van der Waals surface area contributed by atoms with E-state index in [-0.39, 0.29) is 29.1 Å². The highest BCUT2D eigenvalue weighted by molar-refractivity contribution is 6.05. The van der Waals surface area contributed by atoms with Gasteiger partial charge in [-0.15, -0.1) is 0 Å². The number of hydrogen-bond donors (Lipinski definition) is 2. The van der Waals surface area contributed by atoms with Crippen LogP contribution in [0.15, 0.2) is 53.4 Å². The van der Waals surface area contributed by atoms with Crippen LogP contribution in [0.5, 0.6) is 0 Å². The van der Waals surface area contributed by atoms with Gasteiger partial charge in [0.15, 0.2) is 5.82 Å². The Labute approximate surface area is 145 Å². The van der Waals surface area contributed by atoms with E-state index >= 15 is 0 Å². The van der Waals surface area contributed by atoms with Crippen molar-refractivity contribution < 1.29 is 27.5 Å². The number of aliphatic hydroxyl groups is 1. The first-order valence-electron chi connectivity index (χ1n) is 7.38. The van der Waals surface area contributed by atoms with Gasteiger partial charge in [-0.2, -0.15) is 18.3 Å². The van der Waals surface area contributed by atoms with Crippen molar-refractivity contribution in [2.24, 2.45) is 0 Å². The van der Waals surface area contributed by atoms with E-state index in [2.05, 4.69) is 15.2 Å². The number of alkyl halides is 3. The first-order valence-corrected chi connectivity index (χ1v) is 7.38. The summed E-state index contributed by atoms with van der Waals surface area (Å²) in [5, 5.41) is 16.0. The van der Waals surface area contributed by atoms with E-state index < -0.39 is 23.3 Å². The SMILES string of the molecule is O=C(C=C(O)c1ccoc1Cc1ccccc1C(F)(F)F)c1ncn[nH]1. The molecule has 0 unspecified atom stereocenters. The molecular formula is C17H12F3N3O3. The predicted octanol–water partition coefficient (Wildman–Crippen LogP) is 3.79. The second-order valence-electron chi connectivity index (χ2n) is 5.32. The van der Waals surface area contributed by atoms with E-state index in [1.807, 2.05) is 0 Å². The minimum atomic E-state index is -4.51. The van der Waals surface area contributed by atoms with Gasteiger partial charge in [-0.25, -0.2) is 4.98 Å². The van der Waals surface area contributed by atoms with Crippen LogP contribution in [-0.2, 0) is 12.6 Å². The average molecular weight is 363 g/mol. The predicted molar refractivity (Wildman–Crippen MR) is 84.3 cm³/mol. The normalized spacial score (nSPS) is 12.3. The first-order chi connectivity index (χ1) is 12.4. The van der Waals surface area contributed by atoms with E-state index in [0.29, 0.717) is 0 Å². The molecule has 26 heavy (non-hydrogen) atoms. The number of aliphatic hydroxyl groups excluding tert-OH is 1. The Morgan fingerprint density at radius 2 is 2.04 bits per heavy atom. The number of nitrogens with zero attached hydrogens (tertiary/aromatic N) is 2. The summed E-state index contributed by atoms with van der Waals surface area (Å²) < 4.78 is 44.6. The zero-order chi connectivity index (χ0) is 18.7. The van der Waals surface area contributed by atoms with Crippen molar-refractivity contribution in [1.29, 1.82) is 0 Å². The third-order valence-electron chi connectivity index (χ3n) is 3.61. The molecule has 2 aromatic heterocycles. The summed E-state index contributed by atoms with van der Waals surface area (Å²) >= 11 is 0. The van der Waals surface area contributed by atoms with Crippen molar-refractivity contribution >= 4 is 11.5 Å². The zero-order valence-corrected chi connectivity index (χ0v) is 13.1. The van der Waals surface area contributed by atoms with Crippen LogP contribution >= 0.6 is 0 Å². The summed E-state index contributed by atoms with van der Waals surface area (Å²) in [7, 11) is 0. The fraction of sp³-hybridized carbons (Fsp3) is 0.118. The molecule has 1 aromatic carbocycles. The molecule has 2 N–H and O–H groups in total. The number of H-pyrrole nitrogens is 1. The van der Waals surface area contributed by atoms with Gasteiger partial charge in [0, 0.05) is 12.5 Å². The molecule has 0 saturated heterocycles. The number of rotatable bonds is 5. The lowest BCUT2D eigenvalue weighted by Gasteiger charge is -2.12. The molecule has 9 heteroatoms. The number of hydrogen-bond acceptors (Lipinski definition) is 5. The van der Waals surface area contributed by atoms with Crippen LogP contribution in [0.4, 0.5) is 13.2 Å². The number of aromatic amines is 1. The Hall–Kier alpha value is -3.36. The molecule has 0 radical (unpaired) electrons. The Bertz CT molecular complexity index is 944. The number of ketones is 1. The van der Waals surface area contributed by atoms with Gasteiger partial charge < -0.3 is 9.52 Å². The average Bonchev–Trinajstić information content (AvgIpc) is 3.26. The first kappa shape index (κ1) is 17.5.